The summed E-state index contributed by atoms with van der Waals surface area (Å²) < 4.78 is 5.46. The average Bonchev–Trinajstić information content (AvgIpc) is 3.46. The summed E-state index contributed by atoms with van der Waals surface area (Å²) in [5.41, 5.74) is 1.68. The summed E-state index contributed by atoms with van der Waals surface area (Å²) in [7, 11) is 0. The molecule has 2 fully saturated rings. The molecule has 2 saturated heterocycles. The topological polar surface area (TPSA) is 79.5 Å². The highest BCUT2D eigenvalue weighted by Gasteiger charge is 2.38. The number of aromatic nitrogens is 2. The van der Waals surface area contributed by atoms with Crippen molar-refractivity contribution in [1.29, 1.82) is 0 Å². The van der Waals surface area contributed by atoms with Crippen LogP contribution >= 0.6 is 11.6 Å². The predicted octanol–water partition coefficient (Wildman–Crippen LogP) is 4.22. The molecule has 1 unspecified atom stereocenters. The number of likely N-dealkylation sites (tertiary alicyclic amines) is 1. The highest BCUT2D eigenvalue weighted by atomic mass is 35.5. The van der Waals surface area contributed by atoms with Crippen molar-refractivity contribution in [2.45, 2.75) is 25.7 Å². The van der Waals surface area contributed by atoms with Crippen LogP contribution in [0.25, 0.3) is 11.4 Å². The second-order valence-corrected chi connectivity index (χ2v) is 9.17. The zero-order valence-electron chi connectivity index (χ0n) is 18.2. The van der Waals surface area contributed by atoms with Crippen LogP contribution in [0.1, 0.15) is 25.2 Å². The smallest absolute Gasteiger partial charge is 0.228 e. The molecular formula is C25H25ClN4O3. The van der Waals surface area contributed by atoms with Gasteiger partial charge in [-0.3, -0.25) is 9.59 Å². The number of carbonyl (C=O) groups excluding carboxylic acids is 2. The van der Waals surface area contributed by atoms with Crippen molar-refractivity contribution in [3.8, 4) is 11.4 Å². The van der Waals surface area contributed by atoms with Crippen molar-refractivity contribution in [3.63, 3.8) is 0 Å². The van der Waals surface area contributed by atoms with E-state index in [4.69, 9.17) is 16.1 Å². The maximum absolute atomic E-state index is 13.1. The van der Waals surface area contributed by atoms with Crippen LogP contribution in [0.15, 0.2) is 59.1 Å². The van der Waals surface area contributed by atoms with E-state index in [1.54, 1.807) is 17.0 Å². The lowest BCUT2D eigenvalue weighted by Gasteiger charge is -2.33. The minimum absolute atomic E-state index is 0.0314. The normalized spacial score (nSPS) is 19.3. The Morgan fingerprint density at radius 1 is 1.09 bits per heavy atom. The van der Waals surface area contributed by atoms with Gasteiger partial charge in [0.05, 0.1) is 5.92 Å². The summed E-state index contributed by atoms with van der Waals surface area (Å²) in [5.74, 6) is 1.36. The molecule has 2 aliphatic rings. The maximum atomic E-state index is 13.1. The molecule has 3 aromatic rings. The number of nitrogens with zero attached hydrogens (tertiary/aromatic N) is 4. The van der Waals surface area contributed by atoms with E-state index in [1.807, 2.05) is 47.4 Å². The van der Waals surface area contributed by atoms with Crippen LogP contribution in [0.2, 0.25) is 5.02 Å². The van der Waals surface area contributed by atoms with E-state index in [0.29, 0.717) is 48.7 Å². The first-order chi connectivity index (χ1) is 16.1. The van der Waals surface area contributed by atoms with Crippen molar-refractivity contribution < 1.29 is 14.1 Å². The predicted molar refractivity (Wildman–Crippen MR) is 125 cm³/mol. The number of hydrogen-bond acceptors (Lipinski definition) is 5. The Kier molecular flexibility index (Phi) is 6.13. The third kappa shape index (κ3) is 4.78. The van der Waals surface area contributed by atoms with E-state index in [9.17, 15) is 9.59 Å². The van der Waals surface area contributed by atoms with Crippen molar-refractivity contribution >= 4 is 29.1 Å². The molecular weight excluding hydrogens is 440 g/mol. The Morgan fingerprint density at radius 3 is 2.64 bits per heavy atom. The van der Waals surface area contributed by atoms with Crippen molar-refractivity contribution in [3.05, 3.63) is 65.5 Å². The number of piperidine rings is 1. The summed E-state index contributed by atoms with van der Waals surface area (Å²) in [6.07, 6.45) is 2.72. The monoisotopic (exact) mass is 464 g/mol. The van der Waals surface area contributed by atoms with Gasteiger partial charge in [-0.05, 0) is 37.0 Å². The summed E-state index contributed by atoms with van der Waals surface area (Å²) in [6.45, 7) is 1.78. The second-order valence-electron chi connectivity index (χ2n) is 8.74. The number of benzene rings is 2. The zero-order chi connectivity index (χ0) is 22.8. The van der Waals surface area contributed by atoms with Crippen LogP contribution < -0.4 is 4.90 Å². The Bertz CT molecular complexity index is 1140. The van der Waals surface area contributed by atoms with Gasteiger partial charge in [0.2, 0.25) is 23.5 Å². The van der Waals surface area contributed by atoms with Crippen LogP contribution in [-0.4, -0.2) is 46.5 Å². The summed E-state index contributed by atoms with van der Waals surface area (Å²) >= 11 is 6.07. The van der Waals surface area contributed by atoms with E-state index in [0.717, 1.165) is 24.1 Å². The van der Waals surface area contributed by atoms with E-state index in [-0.39, 0.29) is 24.2 Å². The molecule has 0 radical (unpaired) electrons. The number of carbonyl (C=O) groups is 2. The molecule has 1 aromatic heterocycles. The minimum atomic E-state index is -0.308. The molecule has 2 aromatic carbocycles. The fourth-order valence-corrected chi connectivity index (χ4v) is 4.86. The molecule has 1 atom stereocenters. The van der Waals surface area contributed by atoms with Crippen molar-refractivity contribution in [2.75, 3.05) is 24.5 Å². The number of rotatable bonds is 5. The Morgan fingerprint density at radius 2 is 1.88 bits per heavy atom. The molecule has 2 amide bonds. The van der Waals surface area contributed by atoms with E-state index >= 15 is 0 Å². The highest BCUT2D eigenvalue weighted by molar-refractivity contribution is 6.31. The summed E-state index contributed by atoms with van der Waals surface area (Å²) in [5, 5.41) is 4.67. The number of halogens is 1. The number of anilines is 1. The number of hydrogen-bond donors (Lipinski definition) is 0. The fraction of sp³-hybridized carbons (Fsp3) is 0.360. The molecule has 0 aliphatic carbocycles. The maximum Gasteiger partial charge on any atom is 0.228 e. The Balaban J connectivity index is 1.14. The van der Waals surface area contributed by atoms with Gasteiger partial charge in [0.1, 0.15) is 0 Å². The number of amides is 2. The van der Waals surface area contributed by atoms with Crippen molar-refractivity contribution in [1.82, 2.24) is 15.0 Å². The quantitative estimate of drug-likeness (QED) is 0.564. The first-order valence-corrected chi connectivity index (χ1v) is 11.7. The molecule has 0 spiro atoms. The molecule has 3 heterocycles. The lowest BCUT2D eigenvalue weighted by Crippen LogP contribution is -2.42. The lowest BCUT2D eigenvalue weighted by atomic mass is 9.92. The van der Waals surface area contributed by atoms with Gasteiger partial charge in [-0.2, -0.15) is 4.98 Å². The van der Waals surface area contributed by atoms with Gasteiger partial charge in [-0.15, -0.1) is 0 Å². The molecule has 170 valence electrons. The largest absolute Gasteiger partial charge is 0.342 e. The van der Waals surface area contributed by atoms with Crippen LogP contribution in [-0.2, 0) is 16.0 Å². The molecule has 0 N–H and O–H groups in total. The van der Waals surface area contributed by atoms with Gasteiger partial charge in [0, 0.05) is 48.7 Å². The first-order valence-electron chi connectivity index (χ1n) is 11.3. The fourth-order valence-electron chi connectivity index (χ4n) is 4.67. The van der Waals surface area contributed by atoms with Crippen LogP contribution in [0.5, 0.6) is 0 Å². The molecule has 0 saturated carbocycles. The SMILES string of the molecule is O=C(C1CC(=O)N(c2cccc(Cl)c2)C1)N1CCC(Cc2nc(-c3ccccc3)no2)CC1. The summed E-state index contributed by atoms with van der Waals surface area (Å²) in [4.78, 5) is 33.7. The van der Waals surface area contributed by atoms with Gasteiger partial charge in [-0.1, -0.05) is 53.2 Å². The zero-order valence-corrected chi connectivity index (χ0v) is 18.9. The van der Waals surface area contributed by atoms with Crippen LogP contribution in [0.3, 0.4) is 0 Å². The molecule has 5 rings (SSSR count). The average molecular weight is 465 g/mol. The summed E-state index contributed by atoms with van der Waals surface area (Å²) in [6, 6.07) is 17.0. The van der Waals surface area contributed by atoms with Crippen molar-refractivity contribution in [2.24, 2.45) is 11.8 Å². The van der Waals surface area contributed by atoms with E-state index in [2.05, 4.69) is 10.1 Å². The van der Waals surface area contributed by atoms with Gasteiger partial charge in [0.15, 0.2) is 0 Å². The standard InChI is InChI=1S/C25H25ClN4O3/c26-20-7-4-8-21(15-20)30-16-19(14-23(30)31)25(32)29-11-9-17(10-12-29)13-22-27-24(28-33-22)18-5-2-1-3-6-18/h1-8,15,17,19H,9-14,16H2. The van der Waals surface area contributed by atoms with Gasteiger partial charge < -0.3 is 14.3 Å². The van der Waals surface area contributed by atoms with E-state index in [1.165, 1.54) is 0 Å². The highest BCUT2D eigenvalue weighted by Crippen LogP contribution is 2.30. The lowest BCUT2D eigenvalue weighted by molar-refractivity contribution is -0.137. The Hall–Kier alpha value is -3.19. The molecule has 7 nitrogen and oxygen atoms in total. The third-order valence-corrected chi connectivity index (χ3v) is 6.72. The molecule has 33 heavy (non-hydrogen) atoms. The Labute approximate surface area is 197 Å². The molecule has 8 heteroatoms. The molecule has 2 aliphatic heterocycles. The minimum Gasteiger partial charge on any atom is -0.342 e. The van der Waals surface area contributed by atoms with Gasteiger partial charge in [-0.25, -0.2) is 0 Å². The van der Waals surface area contributed by atoms with Gasteiger partial charge in [0.25, 0.3) is 0 Å². The van der Waals surface area contributed by atoms with Crippen LogP contribution in [0.4, 0.5) is 5.69 Å². The van der Waals surface area contributed by atoms with Gasteiger partial charge >= 0.3 is 0 Å². The van der Waals surface area contributed by atoms with Crippen LogP contribution in [0, 0.1) is 11.8 Å². The third-order valence-electron chi connectivity index (χ3n) is 6.48. The van der Waals surface area contributed by atoms with E-state index < -0.39 is 0 Å². The second kappa shape index (κ2) is 9.35. The first kappa shape index (κ1) is 21.6. The molecule has 0 bridgehead atoms.